The highest BCUT2D eigenvalue weighted by molar-refractivity contribution is 7.98. The van der Waals surface area contributed by atoms with Crippen LogP contribution in [0.5, 0.6) is 0 Å². The fraction of sp³-hybridized carbons (Fsp3) is 0.688. The molecule has 0 aromatic carbocycles. The number of carbonyl (C=O) groups excluding carboxylic acids is 1. The molecule has 1 atom stereocenters. The molecular formula is C16H22F3NO3S. The molecule has 0 unspecified atom stereocenters. The van der Waals surface area contributed by atoms with Gasteiger partial charge in [0.25, 0.3) is 5.91 Å². The smallest absolute Gasteiger partial charge is 0.416 e. The molecule has 8 heteroatoms. The number of thioether (sulfide) groups is 1. The summed E-state index contributed by atoms with van der Waals surface area (Å²) in [6.45, 7) is 3.39. The zero-order valence-electron chi connectivity index (χ0n) is 13.8. The maximum Gasteiger partial charge on any atom is 0.416 e. The van der Waals surface area contributed by atoms with E-state index in [9.17, 15) is 18.0 Å². The van der Waals surface area contributed by atoms with Crippen LogP contribution >= 0.6 is 11.8 Å². The molecule has 4 nitrogen and oxygen atoms in total. The van der Waals surface area contributed by atoms with E-state index < -0.39 is 24.7 Å². The first-order chi connectivity index (χ1) is 11.3. The quantitative estimate of drug-likeness (QED) is 0.714. The normalized spacial score (nSPS) is 18.9. The van der Waals surface area contributed by atoms with Crippen molar-refractivity contribution in [3.8, 4) is 0 Å². The Morgan fingerprint density at radius 3 is 2.88 bits per heavy atom. The average molecular weight is 365 g/mol. The van der Waals surface area contributed by atoms with E-state index in [2.05, 4.69) is 6.92 Å². The summed E-state index contributed by atoms with van der Waals surface area (Å²) in [6.07, 6.45) is -4.16. The number of aryl methyl sites for hydroxylation is 1. The first kappa shape index (κ1) is 19.2. The summed E-state index contributed by atoms with van der Waals surface area (Å²) >= 11 is 1.76. The van der Waals surface area contributed by atoms with Gasteiger partial charge in [-0.1, -0.05) is 13.3 Å². The van der Waals surface area contributed by atoms with Crippen LogP contribution in [0.15, 0.2) is 10.5 Å². The number of furan rings is 1. The lowest BCUT2D eigenvalue weighted by molar-refractivity contribution is -0.233. The van der Waals surface area contributed by atoms with Gasteiger partial charge in [0.1, 0.15) is 5.76 Å². The number of rotatable bonds is 6. The van der Waals surface area contributed by atoms with Crippen LogP contribution in [0.2, 0.25) is 0 Å². The van der Waals surface area contributed by atoms with Crippen LogP contribution in [0.3, 0.4) is 0 Å². The van der Waals surface area contributed by atoms with E-state index in [0.29, 0.717) is 5.76 Å². The van der Waals surface area contributed by atoms with Crippen molar-refractivity contribution in [2.75, 3.05) is 25.4 Å². The molecular weight excluding hydrogens is 343 g/mol. The van der Waals surface area contributed by atoms with E-state index in [1.807, 2.05) is 0 Å². The van der Waals surface area contributed by atoms with E-state index in [1.54, 1.807) is 24.8 Å². The SMILES string of the molecule is CCCCSCc1cc(C(=O)N2CCO[C@@H](C(F)(F)F)C2)oc1C. The van der Waals surface area contributed by atoms with Gasteiger partial charge >= 0.3 is 6.18 Å². The Kier molecular flexibility index (Phi) is 6.62. The molecule has 1 amide bonds. The number of ether oxygens (including phenoxy) is 1. The Hall–Kier alpha value is -1.15. The predicted molar refractivity (Wildman–Crippen MR) is 86.2 cm³/mol. The van der Waals surface area contributed by atoms with Gasteiger partial charge in [-0.25, -0.2) is 0 Å². The lowest BCUT2D eigenvalue weighted by atomic mass is 10.2. The van der Waals surface area contributed by atoms with E-state index in [4.69, 9.17) is 9.15 Å². The van der Waals surface area contributed by atoms with Crippen LogP contribution in [0.1, 0.15) is 41.6 Å². The number of carbonyl (C=O) groups is 1. The van der Waals surface area contributed by atoms with Crippen molar-refractivity contribution in [1.29, 1.82) is 0 Å². The lowest BCUT2D eigenvalue weighted by Gasteiger charge is -2.33. The Morgan fingerprint density at radius 2 is 2.21 bits per heavy atom. The first-order valence-corrected chi connectivity index (χ1v) is 9.13. The maximum absolute atomic E-state index is 12.8. The Morgan fingerprint density at radius 1 is 1.46 bits per heavy atom. The summed E-state index contributed by atoms with van der Waals surface area (Å²) in [4.78, 5) is 13.6. The average Bonchev–Trinajstić information content (AvgIpc) is 2.91. The van der Waals surface area contributed by atoms with Crippen molar-refractivity contribution in [1.82, 2.24) is 4.90 Å². The van der Waals surface area contributed by atoms with Gasteiger partial charge < -0.3 is 14.1 Å². The summed E-state index contributed by atoms with van der Waals surface area (Å²) in [5, 5.41) is 0. The van der Waals surface area contributed by atoms with Gasteiger partial charge in [0.2, 0.25) is 0 Å². The zero-order valence-corrected chi connectivity index (χ0v) is 14.6. The van der Waals surface area contributed by atoms with E-state index in [-0.39, 0.29) is 18.9 Å². The predicted octanol–water partition coefficient (Wildman–Crippen LogP) is 4.02. The fourth-order valence-electron chi connectivity index (χ4n) is 2.38. The number of amides is 1. The Bertz CT molecular complexity index is 559. The fourth-order valence-corrected chi connectivity index (χ4v) is 3.53. The molecule has 0 spiro atoms. The van der Waals surface area contributed by atoms with Gasteiger partial charge in [-0.2, -0.15) is 24.9 Å². The van der Waals surface area contributed by atoms with Crippen LogP contribution < -0.4 is 0 Å². The standard InChI is InChI=1S/C16H22F3NO3S/c1-3-4-7-24-10-12-8-13(23-11(12)2)15(21)20-5-6-22-14(9-20)16(17,18)19/h8,14H,3-7,9-10H2,1-2H3/t14-/m1/s1. The van der Waals surface area contributed by atoms with Crippen LogP contribution in [-0.2, 0) is 10.5 Å². The summed E-state index contributed by atoms with van der Waals surface area (Å²) in [5.41, 5.74) is 0.917. The third kappa shape index (κ3) is 4.92. The van der Waals surface area contributed by atoms with Crippen LogP contribution in [0.4, 0.5) is 13.2 Å². The first-order valence-electron chi connectivity index (χ1n) is 7.97. The summed E-state index contributed by atoms with van der Waals surface area (Å²) in [5.74, 6) is 1.99. The van der Waals surface area contributed by atoms with Crippen molar-refractivity contribution in [3.05, 3.63) is 23.2 Å². The number of nitrogens with zero attached hydrogens (tertiary/aromatic N) is 1. The van der Waals surface area contributed by atoms with Crippen molar-refractivity contribution in [3.63, 3.8) is 0 Å². The number of alkyl halides is 3. The van der Waals surface area contributed by atoms with Crippen LogP contribution in [-0.4, -0.2) is 48.5 Å². The van der Waals surface area contributed by atoms with E-state index in [1.165, 1.54) is 0 Å². The van der Waals surface area contributed by atoms with Gasteiger partial charge in [0, 0.05) is 17.9 Å². The van der Waals surface area contributed by atoms with Gasteiger partial charge in [-0.05, 0) is 25.2 Å². The number of morpholine rings is 1. The minimum atomic E-state index is -4.47. The summed E-state index contributed by atoms with van der Waals surface area (Å²) < 4.78 is 48.5. The Balaban J connectivity index is 1.99. The highest BCUT2D eigenvalue weighted by Crippen LogP contribution is 2.27. The zero-order chi connectivity index (χ0) is 17.7. The van der Waals surface area contributed by atoms with E-state index >= 15 is 0 Å². The largest absolute Gasteiger partial charge is 0.456 e. The van der Waals surface area contributed by atoms with Gasteiger partial charge in [-0.3, -0.25) is 4.79 Å². The molecule has 2 rings (SSSR count). The second-order valence-corrected chi connectivity index (χ2v) is 6.86. The molecule has 2 heterocycles. The molecule has 1 fully saturated rings. The number of halogens is 3. The Labute approximate surface area is 143 Å². The van der Waals surface area contributed by atoms with Gasteiger partial charge in [0.05, 0.1) is 13.2 Å². The topological polar surface area (TPSA) is 42.7 Å². The van der Waals surface area contributed by atoms with Crippen LogP contribution in [0.25, 0.3) is 0 Å². The number of unbranched alkanes of at least 4 members (excludes halogenated alkanes) is 1. The third-order valence-corrected chi connectivity index (χ3v) is 4.94. The third-order valence-electron chi connectivity index (χ3n) is 3.85. The van der Waals surface area contributed by atoms with Gasteiger partial charge in [0.15, 0.2) is 11.9 Å². The van der Waals surface area contributed by atoms with Crippen LogP contribution in [0, 0.1) is 6.92 Å². The molecule has 0 radical (unpaired) electrons. The van der Waals surface area contributed by atoms with E-state index in [0.717, 1.165) is 34.8 Å². The van der Waals surface area contributed by atoms with Crippen molar-refractivity contribution in [2.24, 2.45) is 0 Å². The molecule has 24 heavy (non-hydrogen) atoms. The monoisotopic (exact) mass is 365 g/mol. The van der Waals surface area contributed by atoms with Gasteiger partial charge in [-0.15, -0.1) is 0 Å². The molecule has 0 N–H and O–H groups in total. The molecule has 136 valence electrons. The molecule has 1 saturated heterocycles. The molecule has 0 bridgehead atoms. The summed E-state index contributed by atoms with van der Waals surface area (Å²) in [6, 6.07) is 1.65. The van der Waals surface area contributed by atoms with Crippen molar-refractivity contribution >= 4 is 17.7 Å². The highest BCUT2D eigenvalue weighted by atomic mass is 32.2. The summed E-state index contributed by atoms with van der Waals surface area (Å²) in [7, 11) is 0. The number of hydrogen-bond donors (Lipinski definition) is 0. The molecule has 1 aromatic rings. The second-order valence-electron chi connectivity index (χ2n) is 5.75. The maximum atomic E-state index is 12.8. The molecule has 1 aliphatic rings. The minimum absolute atomic E-state index is 0.0985. The van der Waals surface area contributed by atoms with Crippen molar-refractivity contribution in [2.45, 2.75) is 44.7 Å². The molecule has 1 aliphatic heterocycles. The van der Waals surface area contributed by atoms with Crippen molar-refractivity contribution < 1.29 is 27.1 Å². The minimum Gasteiger partial charge on any atom is -0.456 e. The lowest BCUT2D eigenvalue weighted by Crippen LogP contribution is -2.51. The molecule has 1 aromatic heterocycles. The molecule has 0 saturated carbocycles. The second kappa shape index (κ2) is 8.29. The number of hydrogen-bond acceptors (Lipinski definition) is 4. The molecule has 0 aliphatic carbocycles. The highest BCUT2D eigenvalue weighted by Gasteiger charge is 2.44.